The first-order valence-electron chi connectivity index (χ1n) is 7.38. The van der Waals surface area contributed by atoms with Gasteiger partial charge in [-0.15, -0.1) is 0 Å². The van der Waals surface area contributed by atoms with E-state index in [0.29, 0.717) is 22.4 Å². The second-order valence-electron chi connectivity index (χ2n) is 5.79. The van der Waals surface area contributed by atoms with Crippen molar-refractivity contribution in [1.82, 2.24) is 14.7 Å². The quantitative estimate of drug-likeness (QED) is 0.849. The van der Waals surface area contributed by atoms with Crippen molar-refractivity contribution < 1.29 is 9.18 Å². The Hall–Kier alpha value is -1.99. The van der Waals surface area contributed by atoms with Crippen LogP contribution >= 0.6 is 23.8 Å². The van der Waals surface area contributed by atoms with Crippen molar-refractivity contribution in [2.75, 3.05) is 18.9 Å². The van der Waals surface area contributed by atoms with Crippen LogP contribution in [0.4, 0.5) is 10.1 Å². The van der Waals surface area contributed by atoms with Crippen LogP contribution in [-0.2, 0) is 11.8 Å². The summed E-state index contributed by atoms with van der Waals surface area (Å²) >= 11 is 11.5. The number of amides is 1. The summed E-state index contributed by atoms with van der Waals surface area (Å²) in [5.41, 5.74) is 0.834. The molecule has 1 aromatic carbocycles. The first-order valence-corrected chi connectivity index (χ1v) is 8.17. The highest BCUT2D eigenvalue weighted by molar-refractivity contribution is 7.80. The number of hydrogen-bond donors (Lipinski definition) is 1. The minimum atomic E-state index is -0.601. The molecule has 0 aliphatic carbocycles. The monoisotopic (exact) mass is 366 g/mol. The maximum absolute atomic E-state index is 13.8. The zero-order chi connectivity index (χ0) is 17.4. The van der Waals surface area contributed by atoms with Crippen LogP contribution in [0.5, 0.6) is 0 Å². The van der Waals surface area contributed by atoms with Crippen LogP contribution in [0.2, 0.25) is 5.15 Å². The highest BCUT2D eigenvalue weighted by Crippen LogP contribution is 2.35. The largest absolute Gasteiger partial charge is 0.368 e. The summed E-state index contributed by atoms with van der Waals surface area (Å²) in [6.45, 7) is 0.557. The number of halogens is 2. The molecular formula is C16H16ClFN4OS. The van der Waals surface area contributed by atoms with Crippen LogP contribution in [-0.4, -0.2) is 39.2 Å². The smallest absolute Gasteiger partial charge is 0.235 e. The Morgan fingerprint density at radius 1 is 1.42 bits per heavy atom. The topological polar surface area (TPSA) is 50.2 Å². The van der Waals surface area contributed by atoms with Gasteiger partial charge in [0.05, 0.1) is 22.3 Å². The fraction of sp³-hybridized carbons (Fsp3) is 0.312. The molecule has 0 saturated carbocycles. The molecule has 1 aliphatic heterocycles. The molecule has 0 spiro atoms. The molecule has 126 valence electrons. The predicted molar refractivity (Wildman–Crippen MR) is 94.7 cm³/mol. The minimum Gasteiger partial charge on any atom is -0.368 e. The summed E-state index contributed by atoms with van der Waals surface area (Å²) < 4.78 is 15.3. The Kier molecular flexibility index (Phi) is 4.56. The van der Waals surface area contributed by atoms with Gasteiger partial charge in [0.1, 0.15) is 11.0 Å². The van der Waals surface area contributed by atoms with Crippen molar-refractivity contribution in [1.29, 1.82) is 0 Å². The standard InChI is InChI=1S/C16H16ClFN4OS/c1-21-8-9(12-7-13(17)22(2)20-12)14(16(21)24)15(23)19-11-6-4-3-5-10(11)18/h3-7,9,14H,8H2,1-2H3,(H,19,23)/t9-,14+/m1/s1. The normalized spacial score (nSPS) is 20.5. The number of hydrogen-bond acceptors (Lipinski definition) is 3. The second-order valence-corrected chi connectivity index (χ2v) is 6.59. The molecule has 1 aliphatic rings. The van der Waals surface area contributed by atoms with E-state index in [0.717, 1.165) is 0 Å². The lowest BCUT2D eigenvalue weighted by molar-refractivity contribution is -0.118. The van der Waals surface area contributed by atoms with Gasteiger partial charge in [0.2, 0.25) is 5.91 Å². The Morgan fingerprint density at radius 3 is 2.75 bits per heavy atom. The van der Waals surface area contributed by atoms with Gasteiger partial charge < -0.3 is 10.2 Å². The maximum atomic E-state index is 13.8. The third-order valence-electron chi connectivity index (χ3n) is 4.15. The van der Waals surface area contributed by atoms with E-state index in [1.165, 1.54) is 12.1 Å². The van der Waals surface area contributed by atoms with Crippen molar-refractivity contribution in [3.05, 3.63) is 47.0 Å². The Balaban J connectivity index is 1.89. The number of likely N-dealkylation sites (N-methyl/N-ethyl adjacent to an activating group) is 1. The van der Waals surface area contributed by atoms with Crippen molar-refractivity contribution in [3.63, 3.8) is 0 Å². The fourth-order valence-electron chi connectivity index (χ4n) is 2.88. The van der Waals surface area contributed by atoms with E-state index in [2.05, 4.69) is 10.4 Å². The van der Waals surface area contributed by atoms with Gasteiger partial charge in [-0.3, -0.25) is 9.48 Å². The molecule has 0 bridgehead atoms. The summed E-state index contributed by atoms with van der Waals surface area (Å²) in [6.07, 6.45) is 0. The van der Waals surface area contributed by atoms with E-state index in [4.69, 9.17) is 23.8 Å². The van der Waals surface area contributed by atoms with E-state index in [1.807, 2.05) is 11.9 Å². The lowest BCUT2D eigenvalue weighted by atomic mass is 9.92. The molecular weight excluding hydrogens is 351 g/mol. The number of carbonyl (C=O) groups excluding carboxylic acids is 1. The molecule has 8 heteroatoms. The summed E-state index contributed by atoms with van der Waals surface area (Å²) in [7, 11) is 3.56. The van der Waals surface area contributed by atoms with Crippen molar-refractivity contribution in [2.45, 2.75) is 5.92 Å². The molecule has 1 saturated heterocycles. The first-order chi connectivity index (χ1) is 11.4. The van der Waals surface area contributed by atoms with E-state index >= 15 is 0 Å². The lowest BCUT2D eigenvalue weighted by Crippen LogP contribution is -2.32. The number of anilines is 1. The molecule has 3 rings (SSSR count). The molecule has 2 heterocycles. The summed E-state index contributed by atoms with van der Waals surface area (Å²) in [4.78, 5) is 15.1. The number of nitrogens with one attached hydrogen (secondary N) is 1. The van der Waals surface area contributed by atoms with Crippen LogP contribution in [0.3, 0.4) is 0 Å². The second kappa shape index (κ2) is 6.49. The number of likely N-dealkylation sites (tertiary alicyclic amines) is 1. The molecule has 1 amide bonds. The summed E-state index contributed by atoms with van der Waals surface area (Å²) in [5, 5.41) is 7.48. The summed E-state index contributed by atoms with van der Waals surface area (Å²) in [6, 6.07) is 7.77. The number of aryl methyl sites for hydroxylation is 1. The Bertz CT molecular complexity index is 790. The average Bonchev–Trinajstić information content (AvgIpc) is 3.02. The number of para-hydroxylation sites is 1. The molecule has 2 aromatic rings. The fourth-order valence-corrected chi connectivity index (χ4v) is 3.37. The number of benzene rings is 1. The van der Waals surface area contributed by atoms with Gasteiger partial charge in [0, 0.05) is 26.6 Å². The highest BCUT2D eigenvalue weighted by atomic mass is 35.5. The van der Waals surface area contributed by atoms with Crippen LogP contribution in [0.15, 0.2) is 30.3 Å². The third kappa shape index (κ3) is 3.01. The van der Waals surface area contributed by atoms with Crippen LogP contribution in [0, 0.1) is 11.7 Å². The number of thiocarbonyl (C=S) groups is 1. The zero-order valence-corrected chi connectivity index (χ0v) is 14.7. The molecule has 1 N–H and O–H groups in total. The minimum absolute atomic E-state index is 0.137. The molecule has 0 unspecified atom stereocenters. The first kappa shape index (κ1) is 16.9. The van der Waals surface area contributed by atoms with Crippen molar-refractivity contribution in [2.24, 2.45) is 13.0 Å². The highest BCUT2D eigenvalue weighted by Gasteiger charge is 2.42. The van der Waals surface area contributed by atoms with Gasteiger partial charge in [0.25, 0.3) is 0 Å². The van der Waals surface area contributed by atoms with Crippen molar-refractivity contribution >= 4 is 40.4 Å². The molecule has 5 nitrogen and oxygen atoms in total. The van der Waals surface area contributed by atoms with Gasteiger partial charge in [-0.05, 0) is 18.2 Å². The third-order valence-corrected chi connectivity index (χ3v) is 5.07. The molecule has 2 atom stereocenters. The van der Waals surface area contributed by atoms with Gasteiger partial charge in [0.15, 0.2) is 0 Å². The Morgan fingerprint density at radius 2 is 2.12 bits per heavy atom. The van der Waals surface area contributed by atoms with Gasteiger partial charge in [-0.2, -0.15) is 5.10 Å². The SMILES string of the molecule is CN1C[C@H](c2cc(Cl)n(C)n2)[C@@H](C(=O)Nc2ccccc2F)C1=S. The Labute approximate surface area is 149 Å². The molecule has 0 radical (unpaired) electrons. The van der Waals surface area contributed by atoms with Gasteiger partial charge >= 0.3 is 0 Å². The number of aromatic nitrogens is 2. The van der Waals surface area contributed by atoms with E-state index in [9.17, 15) is 9.18 Å². The van der Waals surface area contributed by atoms with E-state index < -0.39 is 11.7 Å². The molecule has 1 fully saturated rings. The number of carbonyl (C=O) groups is 1. The maximum Gasteiger partial charge on any atom is 0.235 e. The van der Waals surface area contributed by atoms with Gasteiger partial charge in [-0.1, -0.05) is 36.0 Å². The summed E-state index contributed by atoms with van der Waals surface area (Å²) in [5.74, 6) is -1.66. The number of rotatable bonds is 3. The molecule has 1 aromatic heterocycles. The zero-order valence-electron chi connectivity index (χ0n) is 13.2. The van der Waals surface area contributed by atoms with E-state index in [1.54, 1.807) is 29.9 Å². The van der Waals surface area contributed by atoms with Crippen molar-refractivity contribution in [3.8, 4) is 0 Å². The van der Waals surface area contributed by atoms with Crippen LogP contribution in [0.1, 0.15) is 11.6 Å². The lowest BCUT2D eigenvalue weighted by Gasteiger charge is -2.16. The molecule has 24 heavy (non-hydrogen) atoms. The predicted octanol–water partition coefficient (Wildman–Crippen LogP) is 2.82. The van der Waals surface area contributed by atoms with Gasteiger partial charge in [-0.25, -0.2) is 4.39 Å². The average molecular weight is 367 g/mol. The van der Waals surface area contributed by atoms with Crippen LogP contribution in [0.25, 0.3) is 0 Å². The van der Waals surface area contributed by atoms with Crippen LogP contribution < -0.4 is 5.32 Å². The van der Waals surface area contributed by atoms with E-state index in [-0.39, 0.29) is 17.5 Å². The number of nitrogens with zero attached hydrogens (tertiary/aromatic N) is 3.